The van der Waals surface area contributed by atoms with Gasteiger partial charge in [-0.1, -0.05) is 11.6 Å². The molecule has 1 amide bonds. The minimum atomic E-state index is -1.12. The molecular weight excluding hydrogens is 332 g/mol. The van der Waals surface area contributed by atoms with Gasteiger partial charge in [0.1, 0.15) is 17.2 Å². The minimum absolute atomic E-state index is 0.00346. The van der Waals surface area contributed by atoms with E-state index in [1.807, 2.05) is 13.0 Å². The van der Waals surface area contributed by atoms with Gasteiger partial charge < -0.3 is 19.8 Å². The number of carboxylic acid groups (broad SMARTS) is 1. The molecule has 3 aromatic rings. The number of aromatic nitrogens is 1. The van der Waals surface area contributed by atoms with E-state index in [1.165, 1.54) is 0 Å². The fourth-order valence-electron chi connectivity index (χ4n) is 2.57. The highest BCUT2D eigenvalue weighted by Crippen LogP contribution is 2.26. The van der Waals surface area contributed by atoms with Gasteiger partial charge in [-0.15, -0.1) is 0 Å². The second-order valence-electron chi connectivity index (χ2n) is 5.44. The summed E-state index contributed by atoms with van der Waals surface area (Å²) in [6.45, 7) is 2.07. The van der Waals surface area contributed by atoms with Crippen LogP contribution >= 0.6 is 11.6 Å². The van der Waals surface area contributed by atoms with Gasteiger partial charge in [-0.2, -0.15) is 0 Å². The van der Waals surface area contributed by atoms with Gasteiger partial charge in [0.2, 0.25) is 5.91 Å². The maximum absolute atomic E-state index is 12.2. The van der Waals surface area contributed by atoms with E-state index < -0.39 is 5.97 Å². The summed E-state index contributed by atoms with van der Waals surface area (Å²) in [5.41, 5.74) is 1.03. The molecule has 0 fully saturated rings. The van der Waals surface area contributed by atoms with Crippen LogP contribution in [0.15, 0.2) is 34.7 Å². The zero-order chi connectivity index (χ0) is 17.3. The van der Waals surface area contributed by atoms with Gasteiger partial charge in [0.05, 0.1) is 13.0 Å². The predicted octanol–water partition coefficient (Wildman–Crippen LogP) is 3.28. The van der Waals surface area contributed by atoms with Gasteiger partial charge in [-0.3, -0.25) is 4.79 Å². The molecule has 0 atom stereocenters. The Kier molecular flexibility index (Phi) is 4.31. The van der Waals surface area contributed by atoms with E-state index >= 15 is 0 Å². The Balaban J connectivity index is 1.82. The van der Waals surface area contributed by atoms with E-state index in [0.717, 1.165) is 5.76 Å². The van der Waals surface area contributed by atoms with Crippen molar-refractivity contribution < 1.29 is 19.1 Å². The van der Waals surface area contributed by atoms with Crippen molar-refractivity contribution in [1.82, 2.24) is 10.3 Å². The van der Waals surface area contributed by atoms with E-state index in [2.05, 4.69) is 10.3 Å². The Bertz CT molecular complexity index is 926. The number of carbonyl (C=O) groups excluding carboxylic acids is 1. The Morgan fingerprint density at radius 2 is 2.08 bits per heavy atom. The number of aromatic amines is 1. The average Bonchev–Trinajstić information content (AvgIpc) is 3.09. The molecule has 0 bridgehead atoms. The minimum Gasteiger partial charge on any atom is -0.477 e. The number of hydrogen-bond donors (Lipinski definition) is 3. The second-order valence-corrected chi connectivity index (χ2v) is 5.88. The van der Waals surface area contributed by atoms with Gasteiger partial charge in [-0.25, -0.2) is 4.79 Å². The van der Waals surface area contributed by atoms with Gasteiger partial charge in [0, 0.05) is 21.5 Å². The SMILES string of the molecule is Cc1ccc(CNC(=O)Cc2c(C(=O)O)[nH]c3ccc(Cl)cc23)o1. The summed E-state index contributed by atoms with van der Waals surface area (Å²) < 4.78 is 5.38. The van der Waals surface area contributed by atoms with Crippen LogP contribution in [0.2, 0.25) is 5.02 Å². The van der Waals surface area contributed by atoms with Crippen LogP contribution in [0.25, 0.3) is 10.9 Å². The highest BCUT2D eigenvalue weighted by atomic mass is 35.5. The highest BCUT2D eigenvalue weighted by Gasteiger charge is 2.19. The Hall–Kier alpha value is -2.73. The number of nitrogens with one attached hydrogen (secondary N) is 2. The van der Waals surface area contributed by atoms with Gasteiger partial charge >= 0.3 is 5.97 Å². The molecule has 0 spiro atoms. The third kappa shape index (κ3) is 3.28. The van der Waals surface area contributed by atoms with Crippen LogP contribution in [0, 0.1) is 6.92 Å². The number of benzene rings is 1. The lowest BCUT2D eigenvalue weighted by atomic mass is 10.1. The summed E-state index contributed by atoms with van der Waals surface area (Å²) in [5.74, 6) is -0.0147. The molecule has 0 aliphatic carbocycles. The van der Waals surface area contributed by atoms with Crippen LogP contribution < -0.4 is 5.32 Å². The molecule has 7 heteroatoms. The standard InChI is InChI=1S/C17H15ClN2O4/c1-9-2-4-11(24-9)8-19-15(21)7-13-12-6-10(18)3-5-14(12)20-16(13)17(22)23/h2-6,20H,7-8H2,1H3,(H,19,21)(H,22,23). The summed E-state index contributed by atoms with van der Waals surface area (Å²) >= 11 is 5.99. The molecule has 0 aliphatic heterocycles. The van der Waals surface area contributed by atoms with Crippen LogP contribution in [0.5, 0.6) is 0 Å². The Morgan fingerprint density at radius 3 is 2.75 bits per heavy atom. The van der Waals surface area contributed by atoms with Crippen LogP contribution in [0.1, 0.15) is 27.6 Å². The Labute approximate surface area is 142 Å². The zero-order valence-corrected chi connectivity index (χ0v) is 13.6. The first-order valence-corrected chi connectivity index (χ1v) is 7.67. The summed E-state index contributed by atoms with van der Waals surface area (Å²) in [6.07, 6.45) is -0.0678. The fraction of sp³-hybridized carbons (Fsp3) is 0.176. The summed E-state index contributed by atoms with van der Waals surface area (Å²) in [6, 6.07) is 8.60. The lowest BCUT2D eigenvalue weighted by Crippen LogP contribution is -2.25. The number of carbonyl (C=O) groups is 2. The molecule has 0 unspecified atom stereocenters. The first-order chi connectivity index (χ1) is 11.4. The third-order valence-corrected chi connectivity index (χ3v) is 3.91. The van der Waals surface area contributed by atoms with Crippen LogP contribution in [0.3, 0.4) is 0 Å². The van der Waals surface area contributed by atoms with Crippen LogP contribution in [-0.2, 0) is 17.8 Å². The third-order valence-electron chi connectivity index (χ3n) is 3.68. The molecule has 1 aromatic carbocycles. The van der Waals surface area contributed by atoms with Crippen molar-refractivity contribution in [3.8, 4) is 0 Å². The van der Waals surface area contributed by atoms with Crippen LogP contribution in [0.4, 0.5) is 0 Å². The van der Waals surface area contributed by atoms with Crippen molar-refractivity contribution in [3.05, 3.63) is 58.1 Å². The monoisotopic (exact) mass is 346 g/mol. The van der Waals surface area contributed by atoms with Gasteiger partial charge in [-0.05, 0) is 37.3 Å². The van der Waals surface area contributed by atoms with Crippen molar-refractivity contribution in [3.63, 3.8) is 0 Å². The number of H-pyrrole nitrogens is 1. The highest BCUT2D eigenvalue weighted by molar-refractivity contribution is 6.31. The van der Waals surface area contributed by atoms with Crippen molar-refractivity contribution in [2.24, 2.45) is 0 Å². The maximum atomic E-state index is 12.2. The van der Waals surface area contributed by atoms with E-state index in [4.69, 9.17) is 16.0 Å². The zero-order valence-electron chi connectivity index (χ0n) is 12.9. The number of halogens is 1. The lowest BCUT2D eigenvalue weighted by Gasteiger charge is -2.04. The molecular formula is C17H15ClN2O4. The smallest absolute Gasteiger partial charge is 0.352 e. The van der Waals surface area contributed by atoms with Crippen molar-refractivity contribution >= 4 is 34.4 Å². The first-order valence-electron chi connectivity index (χ1n) is 7.29. The van der Waals surface area contributed by atoms with Gasteiger partial charge in [0.15, 0.2) is 0 Å². The lowest BCUT2D eigenvalue weighted by molar-refractivity contribution is -0.120. The first kappa shape index (κ1) is 16.1. The second kappa shape index (κ2) is 6.41. The summed E-state index contributed by atoms with van der Waals surface area (Å²) in [7, 11) is 0. The number of carboxylic acids is 1. The molecule has 0 radical (unpaired) electrons. The average molecular weight is 347 g/mol. The molecule has 0 saturated heterocycles. The molecule has 0 aliphatic rings. The van der Waals surface area contributed by atoms with Gasteiger partial charge in [0.25, 0.3) is 0 Å². The van der Waals surface area contributed by atoms with E-state index in [9.17, 15) is 14.7 Å². The molecule has 3 N–H and O–H groups in total. The predicted molar refractivity (Wildman–Crippen MR) is 89.3 cm³/mol. The number of rotatable bonds is 5. The topological polar surface area (TPSA) is 95.3 Å². The summed E-state index contributed by atoms with van der Waals surface area (Å²) in [5, 5.41) is 13.2. The van der Waals surface area contributed by atoms with E-state index in [-0.39, 0.29) is 24.6 Å². The Morgan fingerprint density at radius 1 is 1.29 bits per heavy atom. The largest absolute Gasteiger partial charge is 0.477 e. The quantitative estimate of drug-likeness (QED) is 0.660. The molecule has 3 rings (SSSR count). The molecule has 24 heavy (non-hydrogen) atoms. The van der Waals surface area contributed by atoms with E-state index in [1.54, 1.807) is 24.3 Å². The molecule has 2 aromatic heterocycles. The fourth-order valence-corrected chi connectivity index (χ4v) is 2.75. The number of aromatic carboxylic acids is 1. The normalized spacial score (nSPS) is 10.9. The van der Waals surface area contributed by atoms with Crippen molar-refractivity contribution in [2.45, 2.75) is 19.9 Å². The number of fused-ring (bicyclic) bond motifs is 1. The number of furan rings is 1. The van der Waals surface area contributed by atoms with Crippen molar-refractivity contribution in [1.29, 1.82) is 0 Å². The molecule has 2 heterocycles. The molecule has 6 nitrogen and oxygen atoms in total. The maximum Gasteiger partial charge on any atom is 0.352 e. The molecule has 124 valence electrons. The molecule has 0 saturated carbocycles. The number of amides is 1. The van der Waals surface area contributed by atoms with E-state index in [0.29, 0.717) is 27.2 Å². The van der Waals surface area contributed by atoms with Crippen molar-refractivity contribution in [2.75, 3.05) is 0 Å². The number of aryl methyl sites for hydroxylation is 1. The van der Waals surface area contributed by atoms with Crippen LogP contribution in [-0.4, -0.2) is 22.0 Å². The summed E-state index contributed by atoms with van der Waals surface area (Å²) in [4.78, 5) is 26.4. The number of hydrogen-bond acceptors (Lipinski definition) is 3.